The van der Waals surface area contributed by atoms with Crippen LogP contribution in [0.25, 0.3) is 0 Å². The van der Waals surface area contributed by atoms with Crippen LogP contribution in [-0.4, -0.2) is 37.4 Å². The van der Waals surface area contributed by atoms with Gasteiger partial charge in [0.2, 0.25) is 0 Å². The van der Waals surface area contributed by atoms with Gasteiger partial charge in [0, 0.05) is 25.3 Å². The lowest BCUT2D eigenvalue weighted by atomic mass is 9.91. The van der Waals surface area contributed by atoms with Gasteiger partial charge in [-0.1, -0.05) is 12.1 Å². The maximum Gasteiger partial charge on any atom is 0.0805 e. The highest BCUT2D eigenvalue weighted by Gasteiger charge is 2.31. The molecule has 0 atom stereocenters. The molecule has 0 saturated carbocycles. The Morgan fingerprint density at radius 1 is 1.35 bits per heavy atom. The molecule has 1 aromatic rings. The van der Waals surface area contributed by atoms with Crippen molar-refractivity contribution in [1.82, 2.24) is 5.32 Å². The summed E-state index contributed by atoms with van der Waals surface area (Å²) in [5.41, 5.74) is 2.05. The number of hydrogen-bond donors (Lipinski definition) is 2. The molecular weight excluding hydrogens is 212 g/mol. The number of nitrogens with one attached hydrogen (secondary N) is 1. The number of hydrogen-bond acceptors (Lipinski definition) is 3. The lowest BCUT2D eigenvalue weighted by molar-refractivity contribution is 0.0185. The Hall–Kier alpha value is -1.06. The summed E-state index contributed by atoms with van der Waals surface area (Å²) in [7, 11) is 1.89. The van der Waals surface area contributed by atoms with Crippen molar-refractivity contribution >= 4 is 5.69 Å². The number of aliphatic hydroxyl groups is 1. The zero-order valence-electron chi connectivity index (χ0n) is 10.7. The first-order valence-corrected chi connectivity index (χ1v) is 6.32. The fourth-order valence-corrected chi connectivity index (χ4v) is 2.51. The van der Waals surface area contributed by atoms with Crippen LogP contribution in [0.1, 0.15) is 18.4 Å². The molecule has 0 radical (unpaired) electrons. The number of aryl methyl sites for hydroxylation is 1. The van der Waals surface area contributed by atoms with Gasteiger partial charge in [-0.15, -0.1) is 0 Å². The minimum Gasteiger partial charge on any atom is -0.388 e. The molecule has 0 unspecified atom stereocenters. The number of rotatable bonds is 3. The molecule has 2 N–H and O–H groups in total. The van der Waals surface area contributed by atoms with Crippen molar-refractivity contribution in [3.05, 3.63) is 29.8 Å². The van der Waals surface area contributed by atoms with Gasteiger partial charge < -0.3 is 15.3 Å². The van der Waals surface area contributed by atoms with E-state index in [2.05, 4.69) is 41.4 Å². The van der Waals surface area contributed by atoms with Gasteiger partial charge >= 0.3 is 0 Å². The first kappa shape index (κ1) is 12.4. The lowest BCUT2D eigenvalue weighted by Gasteiger charge is -2.39. The van der Waals surface area contributed by atoms with Crippen LogP contribution in [0.3, 0.4) is 0 Å². The average molecular weight is 234 g/mol. The standard InChI is InChI=1S/C14H22N2O/c1-12-4-3-5-13(10-12)16-8-6-14(17,7-9-16)11-15-2/h3-5,10,15,17H,6-9,11H2,1-2H3. The molecule has 0 aromatic heterocycles. The molecule has 1 saturated heterocycles. The third-order valence-corrected chi connectivity index (χ3v) is 3.57. The molecule has 3 heteroatoms. The number of anilines is 1. The summed E-state index contributed by atoms with van der Waals surface area (Å²) >= 11 is 0. The Labute approximate surface area is 103 Å². The number of likely N-dealkylation sites (N-methyl/N-ethyl adjacent to an activating group) is 1. The molecule has 1 heterocycles. The number of nitrogens with zero attached hydrogens (tertiary/aromatic N) is 1. The Balaban J connectivity index is 1.99. The first-order valence-electron chi connectivity index (χ1n) is 6.32. The van der Waals surface area contributed by atoms with Crippen LogP contribution in [0.5, 0.6) is 0 Å². The van der Waals surface area contributed by atoms with Crippen molar-refractivity contribution in [3.63, 3.8) is 0 Å². The van der Waals surface area contributed by atoms with Gasteiger partial charge in [0.1, 0.15) is 0 Å². The molecule has 1 aromatic carbocycles. The van der Waals surface area contributed by atoms with E-state index < -0.39 is 5.60 Å². The maximum absolute atomic E-state index is 10.3. The van der Waals surface area contributed by atoms with E-state index in [4.69, 9.17) is 0 Å². The SMILES string of the molecule is CNCC1(O)CCN(c2cccc(C)c2)CC1. The molecule has 17 heavy (non-hydrogen) atoms. The van der Waals surface area contributed by atoms with Crippen LogP contribution in [0.15, 0.2) is 24.3 Å². The molecule has 1 aliphatic heterocycles. The number of piperidine rings is 1. The molecule has 0 spiro atoms. The van der Waals surface area contributed by atoms with Crippen molar-refractivity contribution < 1.29 is 5.11 Å². The second-order valence-corrected chi connectivity index (χ2v) is 5.08. The minimum atomic E-state index is -0.519. The molecule has 94 valence electrons. The minimum absolute atomic E-state index is 0.519. The van der Waals surface area contributed by atoms with Crippen molar-refractivity contribution in [2.24, 2.45) is 0 Å². The zero-order valence-corrected chi connectivity index (χ0v) is 10.7. The van der Waals surface area contributed by atoms with Crippen molar-refractivity contribution in [2.45, 2.75) is 25.4 Å². The van der Waals surface area contributed by atoms with Crippen LogP contribution in [-0.2, 0) is 0 Å². The fourth-order valence-electron chi connectivity index (χ4n) is 2.51. The summed E-state index contributed by atoms with van der Waals surface area (Å²) in [6.45, 7) is 4.67. The quantitative estimate of drug-likeness (QED) is 0.833. The normalized spacial score (nSPS) is 19.4. The fraction of sp³-hybridized carbons (Fsp3) is 0.571. The van der Waals surface area contributed by atoms with Crippen LogP contribution >= 0.6 is 0 Å². The van der Waals surface area contributed by atoms with E-state index in [1.807, 2.05) is 7.05 Å². The Morgan fingerprint density at radius 2 is 2.06 bits per heavy atom. The average Bonchev–Trinajstić information content (AvgIpc) is 2.30. The molecular formula is C14H22N2O. The highest BCUT2D eigenvalue weighted by Crippen LogP contribution is 2.26. The molecule has 0 aliphatic carbocycles. The molecule has 3 nitrogen and oxygen atoms in total. The van der Waals surface area contributed by atoms with E-state index >= 15 is 0 Å². The summed E-state index contributed by atoms with van der Waals surface area (Å²) < 4.78 is 0. The molecule has 1 aliphatic rings. The smallest absolute Gasteiger partial charge is 0.0805 e. The Bertz CT molecular complexity index is 370. The van der Waals surface area contributed by atoms with E-state index in [9.17, 15) is 5.11 Å². The predicted molar refractivity (Wildman–Crippen MR) is 71.5 cm³/mol. The maximum atomic E-state index is 10.3. The first-order chi connectivity index (χ1) is 8.13. The Kier molecular flexibility index (Phi) is 3.69. The summed E-state index contributed by atoms with van der Waals surface area (Å²) in [6.07, 6.45) is 1.67. The zero-order chi connectivity index (χ0) is 12.3. The van der Waals surface area contributed by atoms with Gasteiger partial charge in [0.05, 0.1) is 5.60 Å². The van der Waals surface area contributed by atoms with Crippen molar-refractivity contribution in [3.8, 4) is 0 Å². The van der Waals surface area contributed by atoms with Gasteiger partial charge in [-0.3, -0.25) is 0 Å². The van der Waals surface area contributed by atoms with Gasteiger partial charge in [-0.2, -0.15) is 0 Å². The van der Waals surface area contributed by atoms with E-state index in [0.29, 0.717) is 6.54 Å². The van der Waals surface area contributed by atoms with E-state index in [1.165, 1.54) is 11.3 Å². The summed E-state index contributed by atoms with van der Waals surface area (Å²) in [6, 6.07) is 8.57. The topological polar surface area (TPSA) is 35.5 Å². The van der Waals surface area contributed by atoms with Gasteiger partial charge in [-0.25, -0.2) is 0 Å². The second kappa shape index (κ2) is 5.07. The molecule has 2 rings (SSSR count). The van der Waals surface area contributed by atoms with Crippen LogP contribution in [0.2, 0.25) is 0 Å². The molecule has 0 bridgehead atoms. The highest BCUT2D eigenvalue weighted by molar-refractivity contribution is 5.48. The summed E-state index contributed by atoms with van der Waals surface area (Å²) in [5, 5.41) is 13.4. The monoisotopic (exact) mass is 234 g/mol. The van der Waals surface area contributed by atoms with Crippen LogP contribution < -0.4 is 10.2 Å². The third kappa shape index (κ3) is 2.99. The molecule has 1 fully saturated rings. The summed E-state index contributed by atoms with van der Waals surface area (Å²) in [5.74, 6) is 0. The highest BCUT2D eigenvalue weighted by atomic mass is 16.3. The predicted octanol–water partition coefficient (Wildman–Crippen LogP) is 1.55. The Morgan fingerprint density at radius 3 is 2.65 bits per heavy atom. The number of benzene rings is 1. The largest absolute Gasteiger partial charge is 0.388 e. The van der Waals surface area contributed by atoms with Crippen LogP contribution in [0.4, 0.5) is 5.69 Å². The van der Waals surface area contributed by atoms with Crippen LogP contribution in [0, 0.1) is 6.92 Å². The van der Waals surface area contributed by atoms with Gasteiger partial charge in [0.25, 0.3) is 0 Å². The lowest BCUT2D eigenvalue weighted by Crippen LogP contribution is -2.49. The third-order valence-electron chi connectivity index (χ3n) is 3.57. The van der Waals surface area contributed by atoms with E-state index in [-0.39, 0.29) is 0 Å². The van der Waals surface area contributed by atoms with Crippen molar-refractivity contribution in [1.29, 1.82) is 0 Å². The van der Waals surface area contributed by atoms with E-state index in [0.717, 1.165) is 25.9 Å². The van der Waals surface area contributed by atoms with Crippen molar-refractivity contribution in [2.75, 3.05) is 31.6 Å². The molecule has 0 amide bonds. The second-order valence-electron chi connectivity index (χ2n) is 5.08. The van der Waals surface area contributed by atoms with E-state index in [1.54, 1.807) is 0 Å². The van der Waals surface area contributed by atoms with Gasteiger partial charge in [0.15, 0.2) is 0 Å². The van der Waals surface area contributed by atoms with Gasteiger partial charge in [-0.05, 0) is 44.5 Å². The summed E-state index contributed by atoms with van der Waals surface area (Å²) in [4.78, 5) is 2.36.